The predicted molar refractivity (Wildman–Crippen MR) is 107 cm³/mol. The molecule has 2 aromatic rings. The van der Waals surface area contributed by atoms with Gasteiger partial charge in [-0.2, -0.15) is 0 Å². The van der Waals surface area contributed by atoms with Gasteiger partial charge in [0.15, 0.2) is 17.3 Å². The van der Waals surface area contributed by atoms with E-state index < -0.39 is 5.82 Å². The van der Waals surface area contributed by atoms with E-state index >= 15 is 0 Å². The van der Waals surface area contributed by atoms with E-state index in [1.165, 1.54) is 19.2 Å². The fourth-order valence-corrected chi connectivity index (χ4v) is 3.60. The standard InChI is InChI=1S/C21H24ClFN2O3/c1-27-21-7-6-15(12-18(21)23)20(26)14-24-13-19(25-8-10-28-11-9-25)16-4-2-3-5-17(16)22/h2-7,12,19,24H,8-11,13-14H2,1H3. The molecule has 1 aliphatic heterocycles. The van der Waals surface area contributed by atoms with Gasteiger partial charge in [0, 0.05) is 36.3 Å². The first-order valence-electron chi connectivity index (χ1n) is 9.24. The molecule has 1 saturated heterocycles. The summed E-state index contributed by atoms with van der Waals surface area (Å²) in [5.74, 6) is -0.604. The minimum absolute atomic E-state index is 0.0259. The lowest BCUT2D eigenvalue weighted by atomic mass is 10.0. The average Bonchev–Trinajstić information content (AvgIpc) is 2.72. The number of benzene rings is 2. The number of nitrogens with zero attached hydrogens (tertiary/aromatic N) is 1. The Morgan fingerprint density at radius 2 is 2.04 bits per heavy atom. The highest BCUT2D eigenvalue weighted by Gasteiger charge is 2.24. The fourth-order valence-electron chi connectivity index (χ4n) is 3.33. The molecule has 1 heterocycles. The van der Waals surface area contributed by atoms with Crippen LogP contribution in [0.15, 0.2) is 42.5 Å². The first kappa shape index (κ1) is 20.7. The summed E-state index contributed by atoms with van der Waals surface area (Å²) >= 11 is 6.42. The molecule has 1 fully saturated rings. The number of rotatable bonds is 8. The molecule has 3 rings (SSSR count). The van der Waals surface area contributed by atoms with Gasteiger partial charge in [0.2, 0.25) is 0 Å². The van der Waals surface area contributed by atoms with Gasteiger partial charge in [0.05, 0.1) is 26.9 Å². The summed E-state index contributed by atoms with van der Waals surface area (Å²) in [7, 11) is 1.39. The topological polar surface area (TPSA) is 50.8 Å². The maximum Gasteiger partial charge on any atom is 0.176 e. The summed E-state index contributed by atoms with van der Waals surface area (Å²) in [6.07, 6.45) is 0. The SMILES string of the molecule is COc1ccc(C(=O)CNCC(c2ccccc2Cl)N2CCOCC2)cc1F. The van der Waals surface area contributed by atoms with Gasteiger partial charge in [-0.3, -0.25) is 9.69 Å². The van der Waals surface area contributed by atoms with Gasteiger partial charge in [0.1, 0.15) is 0 Å². The number of ether oxygens (including phenoxy) is 2. The van der Waals surface area contributed by atoms with E-state index in [1.54, 1.807) is 6.07 Å². The number of carbonyl (C=O) groups is 1. The van der Waals surface area contributed by atoms with Crippen molar-refractivity contribution in [2.24, 2.45) is 0 Å². The number of nitrogens with one attached hydrogen (secondary N) is 1. The number of ketones is 1. The zero-order chi connectivity index (χ0) is 19.9. The molecule has 0 aromatic heterocycles. The van der Waals surface area contributed by atoms with Crippen molar-refractivity contribution < 1.29 is 18.7 Å². The van der Waals surface area contributed by atoms with Crippen LogP contribution < -0.4 is 10.1 Å². The van der Waals surface area contributed by atoms with Crippen LogP contribution >= 0.6 is 11.6 Å². The quantitative estimate of drug-likeness (QED) is 0.681. The molecule has 0 saturated carbocycles. The van der Waals surface area contributed by atoms with Crippen molar-refractivity contribution in [3.8, 4) is 5.75 Å². The van der Waals surface area contributed by atoms with Crippen LogP contribution in [0.5, 0.6) is 5.75 Å². The molecule has 1 unspecified atom stereocenters. The van der Waals surface area contributed by atoms with E-state index in [0.717, 1.165) is 18.7 Å². The largest absolute Gasteiger partial charge is 0.494 e. The van der Waals surface area contributed by atoms with Gasteiger partial charge >= 0.3 is 0 Å². The summed E-state index contributed by atoms with van der Waals surface area (Å²) in [5, 5.41) is 3.91. The highest BCUT2D eigenvalue weighted by Crippen LogP contribution is 2.27. The molecule has 0 radical (unpaired) electrons. The molecule has 1 N–H and O–H groups in total. The minimum Gasteiger partial charge on any atom is -0.494 e. The van der Waals surface area contributed by atoms with Gasteiger partial charge in [-0.05, 0) is 29.8 Å². The van der Waals surface area contributed by atoms with Gasteiger partial charge in [-0.1, -0.05) is 29.8 Å². The van der Waals surface area contributed by atoms with Crippen LogP contribution in [0.3, 0.4) is 0 Å². The number of morpholine rings is 1. The second-order valence-electron chi connectivity index (χ2n) is 6.59. The van der Waals surface area contributed by atoms with Crippen molar-refractivity contribution >= 4 is 17.4 Å². The van der Waals surface area contributed by atoms with Crippen LogP contribution in [0.4, 0.5) is 4.39 Å². The highest BCUT2D eigenvalue weighted by atomic mass is 35.5. The Hall–Kier alpha value is -1.99. The average molecular weight is 407 g/mol. The number of Topliss-reactive ketones (excluding diaryl/α,β-unsaturated/α-hetero) is 1. The molecule has 7 heteroatoms. The lowest BCUT2D eigenvalue weighted by Crippen LogP contribution is -2.43. The van der Waals surface area contributed by atoms with Gasteiger partial charge in [0.25, 0.3) is 0 Å². The summed E-state index contributed by atoms with van der Waals surface area (Å²) in [6.45, 7) is 3.60. The molecule has 0 amide bonds. The molecule has 0 aliphatic carbocycles. The van der Waals surface area contributed by atoms with Gasteiger partial charge < -0.3 is 14.8 Å². The minimum atomic E-state index is -0.546. The molecule has 1 aliphatic rings. The smallest absolute Gasteiger partial charge is 0.176 e. The van der Waals surface area contributed by atoms with E-state index in [-0.39, 0.29) is 24.1 Å². The van der Waals surface area contributed by atoms with Gasteiger partial charge in [-0.25, -0.2) is 4.39 Å². The highest BCUT2D eigenvalue weighted by molar-refractivity contribution is 6.31. The molecule has 28 heavy (non-hydrogen) atoms. The summed E-state index contributed by atoms with van der Waals surface area (Å²) in [4.78, 5) is 14.7. The van der Waals surface area contributed by atoms with E-state index in [0.29, 0.717) is 30.3 Å². The first-order chi connectivity index (χ1) is 13.6. The molecule has 1 atom stereocenters. The molecule has 0 bridgehead atoms. The summed E-state index contributed by atoms with van der Waals surface area (Å²) < 4.78 is 24.2. The van der Waals surface area contributed by atoms with Crippen LogP contribution in [-0.2, 0) is 4.74 Å². The zero-order valence-electron chi connectivity index (χ0n) is 15.8. The van der Waals surface area contributed by atoms with Crippen molar-refractivity contribution in [1.29, 1.82) is 0 Å². The van der Waals surface area contributed by atoms with E-state index in [4.69, 9.17) is 21.1 Å². The second-order valence-corrected chi connectivity index (χ2v) is 7.00. The predicted octanol–water partition coefficient (Wildman–Crippen LogP) is 3.33. The Kier molecular flexibility index (Phi) is 7.39. The monoisotopic (exact) mass is 406 g/mol. The van der Waals surface area contributed by atoms with E-state index in [1.807, 2.05) is 24.3 Å². The van der Waals surface area contributed by atoms with Crippen molar-refractivity contribution in [3.05, 3.63) is 64.4 Å². The Morgan fingerprint density at radius 3 is 2.71 bits per heavy atom. The molecular formula is C21H24ClFN2O3. The zero-order valence-corrected chi connectivity index (χ0v) is 16.5. The molecular weight excluding hydrogens is 383 g/mol. The van der Waals surface area contributed by atoms with Crippen molar-refractivity contribution in [2.75, 3.05) is 46.5 Å². The number of halogens is 2. The van der Waals surface area contributed by atoms with Crippen LogP contribution in [0.25, 0.3) is 0 Å². The normalized spacial score (nSPS) is 16.0. The first-order valence-corrected chi connectivity index (χ1v) is 9.61. The Labute approximate surface area is 169 Å². The molecule has 150 valence electrons. The maximum absolute atomic E-state index is 13.8. The Balaban J connectivity index is 1.65. The van der Waals surface area contributed by atoms with Crippen molar-refractivity contribution in [2.45, 2.75) is 6.04 Å². The van der Waals surface area contributed by atoms with Crippen molar-refractivity contribution in [1.82, 2.24) is 10.2 Å². The van der Waals surface area contributed by atoms with Crippen LogP contribution in [0, 0.1) is 5.82 Å². The van der Waals surface area contributed by atoms with Crippen LogP contribution in [-0.4, -0.2) is 57.2 Å². The maximum atomic E-state index is 13.8. The third-order valence-electron chi connectivity index (χ3n) is 4.85. The molecule has 0 spiro atoms. The lowest BCUT2D eigenvalue weighted by molar-refractivity contribution is 0.0162. The van der Waals surface area contributed by atoms with Crippen LogP contribution in [0.1, 0.15) is 22.0 Å². The summed E-state index contributed by atoms with van der Waals surface area (Å²) in [5.41, 5.74) is 1.33. The lowest BCUT2D eigenvalue weighted by Gasteiger charge is -2.35. The third-order valence-corrected chi connectivity index (χ3v) is 5.19. The molecule has 5 nitrogen and oxygen atoms in total. The van der Waals surface area contributed by atoms with Crippen molar-refractivity contribution in [3.63, 3.8) is 0 Å². The number of hydrogen-bond donors (Lipinski definition) is 1. The third kappa shape index (κ3) is 5.08. The fraction of sp³-hybridized carbons (Fsp3) is 0.381. The summed E-state index contributed by atoms with van der Waals surface area (Å²) in [6, 6.07) is 12.0. The number of hydrogen-bond acceptors (Lipinski definition) is 5. The Bertz CT molecular complexity index is 812. The van der Waals surface area contributed by atoms with Gasteiger partial charge in [-0.15, -0.1) is 0 Å². The number of methoxy groups -OCH3 is 1. The Morgan fingerprint density at radius 1 is 1.29 bits per heavy atom. The second kappa shape index (κ2) is 9.98. The molecule has 2 aromatic carbocycles. The van der Waals surface area contributed by atoms with Crippen LogP contribution in [0.2, 0.25) is 5.02 Å². The van der Waals surface area contributed by atoms with E-state index in [9.17, 15) is 9.18 Å². The number of carbonyl (C=O) groups excluding carboxylic acids is 1. The van der Waals surface area contributed by atoms with E-state index in [2.05, 4.69) is 10.2 Å².